The fourth-order valence-corrected chi connectivity index (χ4v) is 5.51. The molecule has 0 spiro atoms. The summed E-state index contributed by atoms with van der Waals surface area (Å²) >= 11 is -0.309. The molecule has 0 bridgehead atoms. The van der Waals surface area contributed by atoms with Crippen LogP contribution in [0.1, 0.15) is 37.2 Å². The summed E-state index contributed by atoms with van der Waals surface area (Å²) in [4.78, 5) is 12.8. The fraction of sp³-hybridized carbons (Fsp3) is 0.211. The molecule has 0 saturated carbocycles. The molecule has 0 fully saturated rings. The number of ketones is 1. The van der Waals surface area contributed by atoms with Crippen LogP contribution in [-0.2, 0) is 0 Å². The molecular formula is C19H18IO2+. The highest BCUT2D eigenvalue weighted by molar-refractivity contribution is 6.07. The van der Waals surface area contributed by atoms with E-state index in [9.17, 15) is 4.79 Å². The lowest BCUT2D eigenvalue weighted by Crippen LogP contribution is -3.61. The lowest BCUT2D eigenvalue weighted by molar-refractivity contribution is -0.579. The van der Waals surface area contributed by atoms with Crippen LogP contribution in [0.2, 0.25) is 0 Å². The molecule has 0 unspecified atom stereocenters. The number of hydrogen-bond donors (Lipinski definition) is 0. The van der Waals surface area contributed by atoms with Gasteiger partial charge in [0.05, 0.1) is 11.8 Å². The molecule has 1 aliphatic rings. The summed E-state index contributed by atoms with van der Waals surface area (Å²) in [5, 5.41) is 0. The van der Waals surface area contributed by atoms with Crippen molar-refractivity contribution in [1.29, 1.82) is 0 Å². The van der Waals surface area contributed by atoms with Crippen LogP contribution >= 0.6 is 0 Å². The molecule has 0 radical (unpaired) electrons. The standard InChI is InChI=1S/C19H18IO2/c1-13-11-16(19(21)18-9-6-10-22-18)17(12-14(13)2)20-15-7-4-3-5-8-15/h3-10H,11-12H2,1-2H3/q+1. The van der Waals surface area contributed by atoms with E-state index >= 15 is 0 Å². The molecule has 1 aromatic carbocycles. The summed E-state index contributed by atoms with van der Waals surface area (Å²) in [6.45, 7) is 4.31. The lowest BCUT2D eigenvalue weighted by atomic mass is 9.91. The van der Waals surface area contributed by atoms with Crippen LogP contribution < -0.4 is 21.2 Å². The van der Waals surface area contributed by atoms with Gasteiger partial charge >= 0.3 is 21.2 Å². The van der Waals surface area contributed by atoms with Gasteiger partial charge in [0, 0.05) is 12.8 Å². The summed E-state index contributed by atoms with van der Waals surface area (Å²) in [5.74, 6) is 0.513. The molecule has 2 aromatic rings. The van der Waals surface area contributed by atoms with Crippen molar-refractivity contribution in [2.45, 2.75) is 26.7 Å². The molecule has 3 heteroatoms. The van der Waals surface area contributed by atoms with E-state index < -0.39 is 0 Å². The maximum absolute atomic E-state index is 12.8. The van der Waals surface area contributed by atoms with Crippen molar-refractivity contribution >= 4 is 5.78 Å². The average molecular weight is 405 g/mol. The van der Waals surface area contributed by atoms with Crippen LogP contribution in [0.15, 0.2) is 73.4 Å². The van der Waals surface area contributed by atoms with Crippen molar-refractivity contribution in [2.75, 3.05) is 0 Å². The van der Waals surface area contributed by atoms with Gasteiger partial charge in [-0.15, -0.1) is 0 Å². The number of carbonyl (C=O) groups excluding carboxylic acids is 1. The minimum absolute atomic E-state index is 0.0579. The normalized spacial score (nSPS) is 15.4. The quantitative estimate of drug-likeness (QED) is 0.441. The average Bonchev–Trinajstić information content (AvgIpc) is 3.05. The van der Waals surface area contributed by atoms with Crippen LogP contribution in [0.3, 0.4) is 0 Å². The van der Waals surface area contributed by atoms with Crippen LogP contribution in [0.4, 0.5) is 0 Å². The third kappa shape index (κ3) is 3.24. The molecular weight excluding hydrogens is 387 g/mol. The van der Waals surface area contributed by atoms with Crippen molar-refractivity contribution in [3.05, 3.63) is 78.4 Å². The zero-order chi connectivity index (χ0) is 15.5. The van der Waals surface area contributed by atoms with E-state index in [1.807, 2.05) is 6.07 Å². The Labute approximate surface area is 141 Å². The minimum atomic E-state index is -0.309. The second-order valence-electron chi connectivity index (χ2n) is 5.49. The molecule has 1 aromatic heterocycles. The Kier molecular flexibility index (Phi) is 4.62. The van der Waals surface area contributed by atoms with Crippen molar-refractivity contribution < 1.29 is 30.4 Å². The summed E-state index contributed by atoms with van der Waals surface area (Å²) in [7, 11) is 0. The number of carbonyl (C=O) groups is 1. The molecule has 0 amide bonds. The maximum atomic E-state index is 12.8. The maximum Gasteiger partial charge on any atom is 0.353 e. The van der Waals surface area contributed by atoms with Gasteiger partial charge in [-0.1, -0.05) is 29.3 Å². The van der Waals surface area contributed by atoms with Crippen molar-refractivity contribution in [2.24, 2.45) is 0 Å². The number of rotatable bonds is 4. The SMILES string of the molecule is CC1=C(C)CC(C(=O)c2ccco2)=C([I+]c2ccccc2)C1. The Hall–Kier alpha value is -1.62. The minimum Gasteiger partial charge on any atom is -0.461 e. The Morgan fingerprint density at radius 2 is 1.73 bits per heavy atom. The number of hydrogen-bond acceptors (Lipinski definition) is 2. The summed E-state index contributed by atoms with van der Waals surface area (Å²) < 4.78 is 8.00. The topological polar surface area (TPSA) is 30.2 Å². The molecule has 0 saturated heterocycles. The van der Waals surface area contributed by atoms with Gasteiger partial charge in [0.15, 0.2) is 12.9 Å². The first-order valence-electron chi connectivity index (χ1n) is 7.30. The number of Topliss-reactive ketones (excluding diaryl/α,β-unsaturated/α-hetero) is 1. The number of benzene rings is 1. The second kappa shape index (κ2) is 6.65. The predicted molar refractivity (Wildman–Crippen MR) is 82.8 cm³/mol. The third-order valence-corrected chi connectivity index (χ3v) is 6.92. The van der Waals surface area contributed by atoms with Gasteiger partial charge in [-0.05, 0) is 38.1 Å². The van der Waals surface area contributed by atoms with Gasteiger partial charge in [-0.2, -0.15) is 0 Å². The Bertz CT molecular complexity index is 737. The number of halogens is 1. The van der Waals surface area contributed by atoms with Crippen LogP contribution in [0.25, 0.3) is 0 Å². The lowest BCUT2D eigenvalue weighted by Gasteiger charge is -2.15. The van der Waals surface area contributed by atoms with E-state index in [1.54, 1.807) is 18.4 Å². The van der Waals surface area contributed by atoms with Gasteiger partial charge in [-0.25, -0.2) is 0 Å². The van der Waals surface area contributed by atoms with Crippen LogP contribution in [0, 0.1) is 3.57 Å². The monoisotopic (exact) mass is 405 g/mol. The van der Waals surface area contributed by atoms with Crippen molar-refractivity contribution in [3.63, 3.8) is 0 Å². The summed E-state index contributed by atoms with van der Waals surface area (Å²) in [5.41, 5.74) is 3.67. The zero-order valence-electron chi connectivity index (χ0n) is 12.7. The van der Waals surface area contributed by atoms with Crippen LogP contribution in [-0.4, -0.2) is 5.78 Å². The Morgan fingerprint density at radius 3 is 2.41 bits per heavy atom. The van der Waals surface area contributed by atoms with E-state index in [4.69, 9.17) is 4.42 Å². The highest BCUT2D eigenvalue weighted by atomic mass is 127. The second-order valence-corrected chi connectivity index (χ2v) is 8.58. The van der Waals surface area contributed by atoms with Crippen molar-refractivity contribution in [1.82, 2.24) is 0 Å². The molecule has 22 heavy (non-hydrogen) atoms. The van der Waals surface area contributed by atoms with E-state index in [1.165, 1.54) is 18.3 Å². The molecule has 0 N–H and O–H groups in total. The molecule has 1 aliphatic carbocycles. The summed E-state index contributed by atoms with van der Waals surface area (Å²) in [6.07, 6.45) is 3.25. The van der Waals surface area contributed by atoms with E-state index in [2.05, 4.69) is 38.1 Å². The van der Waals surface area contributed by atoms with Gasteiger partial charge in [0.1, 0.15) is 0 Å². The molecule has 2 nitrogen and oxygen atoms in total. The number of allylic oxidation sites excluding steroid dienone is 4. The predicted octanol–water partition coefficient (Wildman–Crippen LogP) is 1.81. The van der Waals surface area contributed by atoms with Crippen molar-refractivity contribution in [3.8, 4) is 0 Å². The molecule has 0 atom stereocenters. The van der Waals surface area contributed by atoms with Gasteiger partial charge in [-0.3, -0.25) is 4.79 Å². The molecule has 1 heterocycles. The first-order valence-corrected chi connectivity index (χ1v) is 9.46. The first-order chi connectivity index (χ1) is 10.6. The highest BCUT2D eigenvalue weighted by Gasteiger charge is 2.32. The van der Waals surface area contributed by atoms with Crippen LogP contribution in [0.5, 0.6) is 0 Å². The Balaban J connectivity index is 1.96. The van der Waals surface area contributed by atoms with E-state index in [-0.39, 0.29) is 27.0 Å². The largest absolute Gasteiger partial charge is 0.461 e. The smallest absolute Gasteiger partial charge is 0.353 e. The molecule has 0 aliphatic heterocycles. The number of furan rings is 1. The summed E-state index contributed by atoms with van der Waals surface area (Å²) in [6, 6.07) is 14.0. The van der Waals surface area contributed by atoms with E-state index in [0.717, 1.165) is 18.4 Å². The highest BCUT2D eigenvalue weighted by Crippen LogP contribution is 2.28. The van der Waals surface area contributed by atoms with Gasteiger partial charge < -0.3 is 4.42 Å². The third-order valence-electron chi connectivity index (χ3n) is 3.89. The molecule has 3 rings (SSSR count). The first kappa shape index (κ1) is 15.3. The zero-order valence-corrected chi connectivity index (χ0v) is 14.9. The Morgan fingerprint density at radius 1 is 1.00 bits per heavy atom. The molecule has 112 valence electrons. The van der Waals surface area contributed by atoms with Gasteiger partial charge in [0.25, 0.3) is 0 Å². The fourth-order valence-electron chi connectivity index (χ4n) is 2.46. The van der Waals surface area contributed by atoms with E-state index in [0.29, 0.717) is 5.76 Å². The van der Waals surface area contributed by atoms with Gasteiger partial charge in [0.2, 0.25) is 5.78 Å².